The fraction of sp³-hybridized carbons (Fsp3) is 0.333. The van der Waals surface area contributed by atoms with Crippen molar-refractivity contribution in [2.24, 2.45) is 7.05 Å². The Bertz CT molecular complexity index is 537. The number of methoxy groups -OCH3 is 1. The van der Waals surface area contributed by atoms with Crippen molar-refractivity contribution in [1.82, 2.24) is 14.8 Å². The maximum absolute atomic E-state index is 5.72. The molecule has 2 heterocycles. The molecule has 0 aliphatic heterocycles. The zero-order valence-electron chi connectivity index (χ0n) is 10.7. The molecule has 1 unspecified atom stereocenters. The highest BCUT2D eigenvalue weighted by Gasteiger charge is 2.09. The first-order valence-electron chi connectivity index (χ1n) is 5.65. The maximum atomic E-state index is 5.72. The van der Waals surface area contributed by atoms with E-state index < -0.39 is 0 Å². The van der Waals surface area contributed by atoms with Crippen LogP contribution >= 0.6 is 0 Å². The Morgan fingerprint density at radius 1 is 1.44 bits per heavy atom. The lowest BCUT2D eigenvalue weighted by atomic mass is 10.2. The number of rotatable bonds is 4. The molecule has 0 fully saturated rings. The van der Waals surface area contributed by atoms with Crippen LogP contribution in [0.3, 0.4) is 0 Å². The Morgan fingerprint density at radius 2 is 2.22 bits per heavy atom. The number of nitrogens with two attached hydrogens (primary N) is 1. The zero-order valence-corrected chi connectivity index (χ0v) is 10.7. The van der Waals surface area contributed by atoms with E-state index in [2.05, 4.69) is 15.4 Å². The quantitative estimate of drug-likeness (QED) is 0.857. The molecule has 0 aliphatic rings. The molecule has 0 radical (unpaired) electrons. The third-order valence-corrected chi connectivity index (χ3v) is 2.67. The van der Waals surface area contributed by atoms with Crippen LogP contribution in [0.2, 0.25) is 0 Å². The lowest BCUT2D eigenvalue weighted by molar-refractivity contribution is 0.401. The first kappa shape index (κ1) is 12.2. The summed E-state index contributed by atoms with van der Waals surface area (Å²) in [6.45, 7) is 2.04. The number of nitrogens with one attached hydrogen (secondary N) is 1. The second-order valence-electron chi connectivity index (χ2n) is 4.11. The number of anilines is 2. The number of nitrogen functional groups attached to an aromatic ring is 1. The second-order valence-corrected chi connectivity index (χ2v) is 4.11. The first-order valence-corrected chi connectivity index (χ1v) is 5.65. The van der Waals surface area contributed by atoms with Crippen LogP contribution in [-0.2, 0) is 7.05 Å². The Hall–Kier alpha value is -2.24. The Kier molecular flexibility index (Phi) is 3.36. The van der Waals surface area contributed by atoms with Crippen molar-refractivity contribution in [2.45, 2.75) is 13.0 Å². The highest BCUT2D eigenvalue weighted by molar-refractivity contribution is 5.54. The van der Waals surface area contributed by atoms with Crippen LogP contribution in [0.1, 0.15) is 18.5 Å². The lowest BCUT2D eigenvalue weighted by Crippen LogP contribution is -2.08. The molecule has 0 aromatic carbocycles. The minimum Gasteiger partial charge on any atom is -0.479 e. The number of hydrogen-bond acceptors (Lipinski definition) is 5. The Morgan fingerprint density at radius 3 is 2.83 bits per heavy atom. The fourth-order valence-electron chi connectivity index (χ4n) is 1.66. The van der Waals surface area contributed by atoms with Gasteiger partial charge in [0.05, 0.1) is 25.0 Å². The van der Waals surface area contributed by atoms with Gasteiger partial charge in [-0.05, 0) is 19.1 Å². The molecule has 18 heavy (non-hydrogen) atoms. The molecule has 3 N–H and O–H groups in total. The number of ether oxygens (including phenoxy) is 1. The monoisotopic (exact) mass is 247 g/mol. The molecule has 0 aliphatic carbocycles. The van der Waals surface area contributed by atoms with E-state index in [0.717, 1.165) is 11.4 Å². The van der Waals surface area contributed by atoms with E-state index >= 15 is 0 Å². The van der Waals surface area contributed by atoms with Crippen LogP contribution in [0, 0.1) is 0 Å². The summed E-state index contributed by atoms with van der Waals surface area (Å²) in [5.41, 5.74) is 7.33. The largest absolute Gasteiger partial charge is 0.479 e. The van der Waals surface area contributed by atoms with Gasteiger partial charge in [0.15, 0.2) is 0 Å². The van der Waals surface area contributed by atoms with Gasteiger partial charge in [0.2, 0.25) is 5.88 Å². The number of aryl methyl sites for hydroxylation is 1. The molecular weight excluding hydrogens is 230 g/mol. The molecule has 2 aromatic heterocycles. The van der Waals surface area contributed by atoms with Crippen LogP contribution in [0.25, 0.3) is 0 Å². The molecule has 96 valence electrons. The average molecular weight is 247 g/mol. The second kappa shape index (κ2) is 4.95. The van der Waals surface area contributed by atoms with E-state index in [9.17, 15) is 0 Å². The smallest absolute Gasteiger partial charge is 0.238 e. The summed E-state index contributed by atoms with van der Waals surface area (Å²) in [6.07, 6.45) is 3.79. The first-order chi connectivity index (χ1) is 8.60. The lowest BCUT2D eigenvalue weighted by Gasteiger charge is -2.14. The molecule has 6 heteroatoms. The van der Waals surface area contributed by atoms with Gasteiger partial charge in [-0.1, -0.05) is 0 Å². The van der Waals surface area contributed by atoms with Gasteiger partial charge in [0, 0.05) is 18.8 Å². The number of aromatic nitrogens is 3. The third kappa shape index (κ3) is 2.53. The van der Waals surface area contributed by atoms with Crippen LogP contribution in [0.4, 0.5) is 11.5 Å². The SMILES string of the molecule is COc1nc(NC(C)c2cnn(C)c2)ccc1N. The van der Waals surface area contributed by atoms with Crippen molar-refractivity contribution in [3.8, 4) is 5.88 Å². The molecule has 0 amide bonds. The normalized spacial score (nSPS) is 12.2. The van der Waals surface area contributed by atoms with Gasteiger partial charge in [-0.2, -0.15) is 10.1 Å². The van der Waals surface area contributed by atoms with E-state index in [-0.39, 0.29) is 6.04 Å². The number of nitrogens with zero attached hydrogens (tertiary/aromatic N) is 3. The molecule has 6 nitrogen and oxygen atoms in total. The predicted octanol–water partition coefficient (Wildman–Crippen LogP) is 1.58. The number of pyridine rings is 1. The minimum absolute atomic E-state index is 0.111. The summed E-state index contributed by atoms with van der Waals surface area (Å²) >= 11 is 0. The van der Waals surface area contributed by atoms with Crippen molar-refractivity contribution in [3.05, 3.63) is 30.1 Å². The fourth-order valence-corrected chi connectivity index (χ4v) is 1.66. The van der Waals surface area contributed by atoms with Crippen molar-refractivity contribution in [1.29, 1.82) is 0 Å². The van der Waals surface area contributed by atoms with Crippen molar-refractivity contribution < 1.29 is 4.74 Å². The van der Waals surface area contributed by atoms with Gasteiger partial charge >= 0.3 is 0 Å². The Balaban J connectivity index is 2.14. The predicted molar refractivity (Wildman–Crippen MR) is 70.4 cm³/mol. The van der Waals surface area contributed by atoms with Gasteiger partial charge in [-0.3, -0.25) is 4.68 Å². The molecule has 0 saturated heterocycles. The molecule has 2 aromatic rings. The summed E-state index contributed by atoms with van der Waals surface area (Å²) in [5.74, 6) is 1.15. The van der Waals surface area contributed by atoms with E-state index in [1.54, 1.807) is 17.9 Å². The molecule has 0 spiro atoms. The van der Waals surface area contributed by atoms with Crippen molar-refractivity contribution >= 4 is 11.5 Å². The maximum Gasteiger partial charge on any atom is 0.238 e. The summed E-state index contributed by atoms with van der Waals surface area (Å²) in [4.78, 5) is 4.28. The van der Waals surface area contributed by atoms with Gasteiger partial charge in [0.25, 0.3) is 0 Å². The minimum atomic E-state index is 0.111. The van der Waals surface area contributed by atoms with E-state index in [1.165, 1.54) is 0 Å². The molecule has 0 bridgehead atoms. The van der Waals surface area contributed by atoms with Gasteiger partial charge in [-0.25, -0.2) is 0 Å². The van der Waals surface area contributed by atoms with Crippen LogP contribution in [0.15, 0.2) is 24.5 Å². The van der Waals surface area contributed by atoms with Gasteiger partial charge < -0.3 is 15.8 Å². The van der Waals surface area contributed by atoms with E-state index in [1.807, 2.05) is 32.4 Å². The topological polar surface area (TPSA) is 78.0 Å². The van der Waals surface area contributed by atoms with Crippen LogP contribution in [0.5, 0.6) is 5.88 Å². The van der Waals surface area contributed by atoms with Crippen molar-refractivity contribution in [3.63, 3.8) is 0 Å². The van der Waals surface area contributed by atoms with Gasteiger partial charge in [-0.15, -0.1) is 0 Å². The Labute approximate surface area is 106 Å². The highest BCUT2D eigenvalue weighted by atomic mass is 16.5. The summed E-state index contributed by atoms with van der Waals surface area (Å²) in [6, 6.07) is 3.70. The summed E-state index contributed by atoms with van der Waals surface area (Å²) in [7, 11) is 3.44. The third-order valence-electron chi connectivity index (χ3n) is 2.67. The molecular formula is C12H17N5O. The van der Waals surface area contributed by atoms with Crippen LogP contribution < -0.4 is 15.8 Å². The molecule has 1 atom stereocenters. The standard InChI is InChI=1S/C12H17N5O/c1-8(9-6-14-17(2)7-9)15-11-5-4-10(13)12(16-11)18-3/h4-8H,13H2,1-3H3,(H,15,16). The van der Waals surface area contributed by atoms with Crippen LogP contribution in [-0.4, -0.2) is 21.9 Å². The summed E-state index contributed by atoms with van der Waals surface area (Å²) in [5, 5.41) is 7.41. The highest BCUT2D eigenvalue weighted by Crippen LogP contribution is 2.23. The number of hydrogen-bond donors (Lipinski definition) is 2. The van der Waals surface area contributed by atoms with Gasteiger partial charge in [0.1, 0.15) is 5.82 Å². The van der Waals surface area contributed by atoms with Crippen molar-refractivity contribution in [2.75, 3.05) is 18.2 Å². The average Bonchev–Trinajstić information content (AvgIpc) is 2.78. The van der Waals surface area contributed by atoms with E-state index in [0.29, 0.717) is 11.6 Å². The summed E-state index contributed by atoms with van der Waals surface area (Å²) < 4.78 is 6.85. The molecule has 0 saturated carbocycles. The van der Waals surface area contributed by atoms with E-state index in [4.69, 9.17) is 10.5 Å². The molecule has 2 rings (SSSR count). The zero-order chi connectivity index (χ0) is 13.1.